The number of nitriles is 1. The summed E-state index contributed by atoms with van der Waals surface area (Å²) in [5.41, 5.74) is 1.17. The lowest BCUT2D eigenvalue weighted by Crippen LogP contribution is -2.35. The Morgan fingerprint density at radius 2 is 2.31 bits per heavy atom. The van der Waals surface area contributed by atoms with Gasteiger partial charge in [-0.2, -0.15) is 5.26 Å². The molecule has 2 aliphatic rings. The van der Waals surface area contributed by atoms with Crippen molar-refractivity contribution in [3.63, 3.8) is 0 Å². The molecule has 0 aromatic heterocycles. The molecule has 3 unspecified atom stereocenters. The normalized spacial score (nSPS) is 34.5. The number of epoxide rings is 1. The van der Waals surface area contributed by atoms with Gasteiger partial charge in [0.05, 0.1) is 11.8 Å². The Morgan fingerprint density at radius 1 is 1.50 bits per heavy atom. The van der Waals surface area contributed by atoms with Crippen molar-refractivity contribution in [2.45, 2.75) is 17.8 Å². The zero-order chi connectivity index (χ0) is 11.2. The number of fused-ring (bicyclic) bond motifs is 1. The van der Waals surface area contributed by atoms with Crippen LogP contribution in [0, 0.1) is 11.3 Å². The van der Waals surface area contributed by atoms with E-state index in [0.717, 1.165) is 11.3 Å². The minimum absolute atomic E-state index is 0.241. The highest BCUT2D eigenvalue weighted by molar-refractivity contribution is 5.85. The number of benzene rings is 1. The van der Waals surface area contributed by atoms with Gasteiger partial charge in [-0.05, 0) is 6.07 Å². The number of ether oxygens (including phenoxy) is 2. The van der Waals surface area contributed by atoms with E-state index in [9.17, 15) is 0 Å². The molecular formula is C12H10N2O2. The van der Waals surface area contributed by atoms with Gasteiger partial charge in [0.2, 0.25) is 0 Å². The molecule has 4 nitrogen and oxygen atoms in total. The molecule has 0 saturated carbocycles. The Labute approximate surface area is 93.1 Å². The van der Waals surface area contributed by atoms with E-state index in [1.165, 1.54) is 0 Å². The van der Waals surface area contributed by atoms with Crippen LogP contribution in [0.1, 0.15) is 5.56 Å². The summed E-state index contributed by atoms with van der Waals surface area (Å²) < 4.78 is 10.9. The van der Waals surface area contributed by atoms with E-state index in [2.05, 4.69) is 11.1 Å². The first kappa shape index (κ1) is 9.52. The van der Waals surface area contributed by atoms with E-state index in [0.29, 0.717) is 0 Å². The quantitative estimate of drug-likeness (QED) is 0.701. The first-order chi connectivity index (χ1) is 7.81. The zero-order valence-corrected chi connectivity index (χ0v) is 8.75. The summed E-state index contributed by atoms with van der Waals surface area (Å²) in [5, 5.41) is 8.82. The van der Waals surface area contributed by atoms with E-state index in [-0.39, 0.29) is 6.10 Å². The molecule has 16 heavy (non-hydrogen) atoms. The third-order valence-corrected chi connectivity index (χ3v) is 3.10. The van der Waals surface area contributed by atoms with Crippen molar-refractivity contribution in [2.24, 2.45) is 4.99 Å². The SMILES string of the molecule is COC1(C2OC2C#N)C=Nc2ccccc21. The minimum atomic E-state index is -0.684. The highest BCUT2D eigenvalue weighted by atomic mass is 16.6. The van der Waals surface area contributed by atoms with Gasteiger partial charge in [0.15, 0.2) is 11.7 Å². The maximum Gasteiger partial charge on any atom is 0.174 e. The van der Waals surface area contributed by atoms with Gasteiger partial charge < -0.3 is 9.47 Å². The van der Waals surface area contributed by atoms with Crippen LogP contribution in [0.3, 0.4) is 0 Å². The third kappa shape index (κ3) is 1.07. The highest BCUT2D eigenvalue weighted by Crippen LogP contribution is 2.47. The summed E-state index contributed by atoms with van der Waals surface area (Å²) in [7, 11) is 1.62. The molecule has 80 valence electrons. The van der Waals surface area contributed by atoms with E-state index in [1.807, 2.05) is 24.3 Å². The largest absolute Gasteiger partial charge is 0.365 e. The van der Waals surface area contributed by atoms with Crippen LogP contribution in [-0.4, -0.2) is 25.5 Å². The Balaban J connectivity index is 2.06. The summed E-state index contributed by atoms with van der Waals surface area (Å²) >= 11 is 0. The second kappa shape index (κ2) is 3.14. The molecule has 0 N–H and O–H groups in total. The number of para-hydroxylation sites is 1. The minimum Gasteiger partial charge on any atom is -0.365 e. The number of nitrogens with zero attached hydrogens (tertiary/aromatic N) is 2. The van der Waals surface area contributed by atoms with Crippen LogP contribution >= 0.6 is 0 Å². The van der Waals surface area contributed by atoms with Crippen LogP contribution in [0.5, 0.6) is 0 Å². The van der Waals surface area contributed by atoms with Crippen molar-refractivity contribution >= 4 is 11.9 Å². The molecule has 0 radical (unpaired) electrons. The first-order valence-corrected chi connectivity index (χ1v) is 5.07. The Hall–Kier alpha value is -1.70. The zero-order valence-electron chi connectivity index (χ0n) is 8.75. The molecule has 0 aliphatic carbocycles. The average molecular weight is 214 g/mol. The van der Waals surface area contributed by atoms with Crippen molar-refractivity contribution in [3.05, 3.63) is 29.8 Å². The fourth-order valence-electron chi connectivity index (χ4n) is 2.19. The summed E-state index contributed by atoms with van der Waals surface area (Å²) in [4.78, 5) is 4.31. The highest BCUT2D eigenvalue weighted by Gasteiger charge is 2.58. The van der Waals surface area contributed by atoms with Crippen LogP contribution in [0.2, 0.25) is 0 Å². The maximum atomic E-state index is 8.82. The molecule has 0 amide bonds. The van der Waals surface area contributed by atoms with Crippen LogP contribution in [0.25, 0.3) is 0 Å². The Morgan fingerprint density at radius 3 is 3.00 bits per heavy atom. The Kier molecular flexibility index (Phi) is 1.87. The van der Waals surface area contributed by atoms with Gasteiger partial charge >= 0.3 is 0 Å². The summed E-state index contributed by atoms with van der Waals surface area (Å²) in [6.07, 6.45) is 1.10. The molecule has 1 fully saturated rings. The molecule has 3 atom stereocenters. The van der Waals surface area contributed by atoms with Crippen molar-refractivity contribution < 1.29 is 9.47 Å². The van der Waals surface area contributed by atoms with E-state index < -0.39 is 11.7 Å². The maximum absolute atomic E-state index is 8.82. The van der Waals surface area contributed by atoms with Crippen molar-refractivity contribution in [1.82, 2.24) is 0 Å². The predicted octanol–water partition coefficient (Wildman–Crippen LogP) is 1.54. The lowest BCUT2D eigenvalue weighted by atomic mass is 9.91. The monoisotopic (exact) mass is 214 g/mol. The lowest BCUT2D eigenvalue weighted by molar-refractivity contribution is 0.0293. The van der Waals surface area contributed by atoms with Crippen molar-refractivity contribution in [3.8, 4) is 6.07 Å². The van der Waals surface area contributed by atoms with Gasteiger partial charge in [0.25, 0.3) is 0 Å². The van der Waals surface area contributed by atoms with E-state index in [1.54, 1.807) is 13.3 Å². The standard InChI is InChI=1S/C12H10N2O2/c1-15-12(11-10(6-13)16-11)7-14-9-5-3-2-4-8(9)12/h2-5,7,10-11H,1H3. The molecule has 1 aromatic rings. The molecular weight excluding hydrogens is 204 g/mol. The fourth-order valence-corrected chi connectivity index (χ4v) is 2.19. The average Bonchev–Trinajstić information content (AvgIpc) is 3.04. The third-order valence-electron chi connectivity index (χ3n) is 3.10. The second-order valence-corrected chi connectivity index (χ2v) is 3.88. The van der Waals surface area contributed by atoms with Crippen LogP contribution in [0.15, 0.2) is 29.3 Å². The number of methoxy groups -OCH3 is 1. The van der Waals surface area contributed by atoms with Gasteiger partial charge in [0, 0.05) is 18.9 Å². The Bertz CT molecular complexity index is 506. The molecule has 2 heterocycles. The van der Waals surface area contributed by atoms with Crippen LogP contribution in [0.4, 0.5) is 5.69 Å². The molecule has 1 saturated heterocycles. The van der Waals surface area contributed by atoms with Crippen LogP contribution in [-0.2, 0) is 15.1 Å². The molecule has 0 spiro atoms. The first-order valence-electron chi connectivity index (χ1n) is 5.07. The molecule has 0 bridgehead atoms. The summed E-state index contributed by atoms with van der Waals surface area (Å²) in [5.74, 6) is 0. The second-order valence-electron chi connectivity index (χ2n) is 3.88. The van der Waals surface area contributed by atoms with Gasteiger partial charge in [-0.15, -0.1) is 0 Å². The van der Waals surface area contributed by atoms with Gasteiger partial charge in [-0.25, -0.2) is 0 Å². The summed E-state index contributed by atoms with van der Waals surface area (Å²) in [6, 6.07) is 9.84. The smallest absolute Gasteiger partial charge is 0.174 e. The molecule has 1 aromatic carbocycles. The van der Waals surface area contributed by atoms with E-state index in [4.69, 9.17) is 14.7 Å². The molecule has 3 rings (SSSR count). The summed E-state index contributed by atoms with van der Waals surface area (Å²) in [6.45, 7) is 0. The van der Waals surface area contributed by atoms with Crippen molar-refractivity contribution in [1.29, 1.82) is 5.26 Å². The van der Waals surface area contributed by atoms with Crippen LogP contribution < -0.4 is 0 Å². The number of hydrogen-bond acceptors (Lipinski definition) is 4. The van der Waals surface area contributed by atoms with Crippen molar-refractivity contribution in [2.75, 3.05) is 7.11 Å². The lowest BCUT2D eigenvalue weighted by Gasteiger charge is -2.23. The number of rotatable bonds is 2. The van der Waals surface area contributed by atoms with Gasteiger partial charge in [0.1, 0.15) is 6.10 Å². The van der Waals surface area contributed by atoms with Gasteiger partial charge in [-0.1, -0.05) is 18.2 Å². The number of hydrogen-bond donors (Lipinski definition) is 0. The van der Waals surface area contributed by atoms with Gasteiger partial charge in [-0.3, -0.25) is 4.99 Å². The topological polar surface area (TPSA) is 57.9 Å². The molecule has 4 heteroatoms. The predicted molar refractivity (Wildman–Crippen MR) is 57.6 cm³/mol. The van der Waals surface area contributed by atoms with E-state index >= 15 is 0 Å². The molecule has 2 aliphatic heterocycles. The number of aliphatic imine (C=N–C) groups is 1. The fraction of sp³-hybridized carbons (Fsp3) is 0.333.